The van der Waals surface area contributed by atoms with Crippen molar-refractivity contribution in [2.24, 2.45) is 0 Å². The second-order valence-corrected chi connectivity index (χ2v) is 2.19. The minimum Gasteiger partial charge on any atom is -0.418 e. The molecule has 0 atom stereocenters. The van der Waals surface area contributed by atoms with Gasteiger partial charge in [-0.3, -0.25) is 0 Å². The maximum absolute atomic E-state index is 11.5. The first-order chi connectivity index (χ1) is 4.45. The largest absolute Gasteiger partial charge is 0.427 e. The van der Waals surface area contributed by atoms with E-state index in [0.29, 0.717) is 6.26 Å². The molecular formula is C3H4FNO4S. The van der Waals surface area contributed by atoms with Crippen molar-refractivity contribution in [3.8, 4) is 0 Å². The third-order valence-electron chi connectivity index (χ3n) is 0.396. The predicted octanol–water partition coefficient (Wildman–Crippen LogP) is 0.0704. The van der Waals surface area contributed by atoms with Crippen LogP contribution in [0.4, 0.5) is 8.68 Å². The first-order valence-corrected chi connectivity index (χ1v) is 3.38. The van der Waals surface area contributed by atoms with Crippen LogP contribution < -0.4 is 4.72 Å². The van der Waals surface area contributed by atoms with Crippen LogP contribution in [0, 0.1) is 0 Å². The molecule has 7 heteroatoms. The summed E-state index contributed by atoms with van der Waals surface area (Å²) in [7, 11) is -5.02. The van der Waals surface area contributed by atoms with Crippen molar-refractivity contribution in [1.29, 1.82) is 0 Å². The standard InChI is InChI=1S/C3H4FNO4S/c1-2-9-3(6)5-10(4,7)8/h2H,1H2,(H,5,6). The van der Waals surface area contributed by atoms with E-state index in [9.17, 15) is 17.1 Å². The number of hydrogen-bond acceptors (Lipinski definition) is 4. The van der Waals surface area contributed by atoms with Gasteiger partial charge in [-0.2, -0.15) is 13.1 Å². The van der Waals surface area contributed by atoms with Crippen molar-refractivity contribution < 1.29 is 21.8 Å². The van der Waals surface area contributed by atoms with Gasteiger partial charge in [0, 0.05) is 0 Å². The zero-order chi connectivity index (χ0) is 8.20. The van der Waals surface area contributed by atoms with E-state index < -0.39 is 16.5 Å². The van der Waals surface area contributed by atoms with Crippen molar-refractivity contribution in [1.82, 2.24) is 4.72 Å². The van der Waals surface area contributed by atoms with Crippen molar-refractivity contribution >= 4 is 16.5 Å². The summed E-state index contributed by atoms with van der Waals surface area (Å²) in [6, 6.07) is 0. The molecule has 0 saturated heterocycles. The number of amides is 1. The molecule has 1 N–H and O–H groups in total. The number of carbonyl (C=O) groups excluding carboxylic acids is 1. The lowest BCUT2D eigenvalue weighted by molar-refractivity contribution is 0.192. The topological polar surface area (TPSA) is 72.5 Å². The number of hydrogen-bond donors (Lipinski definition) is 1. The Morgan fingerprint density at radius 1 is 1.70 bits per heavy atom. The first kappa shape index (κ1) is 8.89. The zero-order valence-corrected chi connectivity index (χ0v) is 5.52. The van der Waals surface area contributed by atoms with E-state index in [-0.39, 0.29) is 0 Å². The Morgan fingerprint density at radius 3 is 2.50 bits per heavy atom. The fourth-order valence-electron chi connectivity index (χ4n) is 0.199. The van der Waals surface area contributed by atoms with Gasteiger partial charge in [0.2, 0.25) is 0 Å². The van der Waals surface area contributed by atoms with E-state index >= 15 is 0 Å². The quantitative estimate of drug-likeness (QED) is 0.469. The molecule has 0 unspecified atom stereocenters. The molecule has 0 aliphatic heterocycles. The van der Waals surface area contributed by atoms with E-state index in [1.54, 1.807) is 0 Å². The van der Waals surface area contributed by atoms with E-state index in [1.807, 2.05) is 0 Å². The highest BCUT2D eigenvalue weighted by Crippen LogP contribution is 1.85. The number of halogens is 1. The SMILES string of the molecule is C=COC(=O)NS(=O)(=O)F. The predicted molar refractivity (Wildman–Crippen MR) is 29.8 cm³/mol. The molecule has 0 aromatic rings. The van der Waals surface area contributed by atoms with Gasteiger partial charge in [0.05, 0.1) is 6.26 Å². The number of rotatable bonds is 2. The van der Waals surface area contributed by atoms with Crippen molar-refractivity contribution in [3.63, 3.8) is 0 Å². The smallest absolute Gasteiger partial charge is 0.418 e. The van der Waals surface area contributed by atoms with Crippen LogP contribution in [0.15, 0.2) is 12.8 Å². The molecular weight excluding hydrogens is 165 g/mol. The summed E-state index contributed by atoms with van der Waals surface area (Å²) in [4.78, 5) is 10.0. The molecule has 0 aliphatic carbocycles. The number of ether oxygens (including phenoxy) is 1. The second kappa shape index (κ2) is 3.16. The molecule has 0 rings (SSSR count). The van der Waals surface area contributed by atoms with E-state index in [0.717, 1.165) is 4.72 Å². The van der Waals surface area contributed by atoms with Crippen LogP contribution in [-0.2, 0) is 15.1 Å². The molecule has 0 aromatic carbocycles. The van der Waals surface area contributed by atoms with Crippen LogP contribution in [0.5, 0.6) is 0 Å². The van der Waals surface area contributed by atoms with Crippen LogP contribution in [0.2, 0.25) is 0 Å². The van der Waals surface area contributed by atoms with Gasteiger partial charge in [0.1, 0.15) is 0 Å². The minimum atomic E-state index is -5.02. The molecule has 0 aliphatic rings. The zero-order valence-electron chi connectivity index (χ0n) is 4.70. The van der Waals surface area contributed by atoms with Gasteiger partial charge in [-0.05, 0) is 0 Å². The first-order valence-electron chi connectivity index (χ1n) is 1.99. The Labute approximate surface area is 56.8 Å². The van der Waals surface area contributed by atoms with Gasteiger partial charge in [-0.25, -0.2) is 4.79 Å². The van der Waals surface area contributed by atoms with Crippen LogP contribution >= 0.6 is 0 Å². The molecule has 0 radical (unpaired) electrons. The normalized spacial score (nSPS) is 10.1. The Bertz CT molecular complexity index is 233. The molecule has 5 nitrogen and oxygen atoms in total. The van der Waals surface area contributed by atoms with Crippen molar-refractivity contribution in [3.05, 3.63) is 12.8 Å². The van der Waals surface area contributed by atoms with Gasteiger partial charge < -0.3 is 4.74 Å². The third-order valence-corrected chi connectivity index (χ3v) is 0.806. The third kappa shape index (κ3) is 5.04. The molecule has 1 amide bonds. The van der Waals surface area contributed by atoms with Gasteiger partial charge in [-0.1, -0.05) is 10.5 Å². The Morgan fingerprint density at radius 2 is 2.20 bits per heavy atom. The van der Waals surface area contributed by atoms with Gasteiger partial charge in [0.15, 0.2) is 0 Å². The summed E-state index contributed by atoms with van der Waals surface area (Å²) in [6.07, 6.45) is -0.766. The van der Waals surface area contributed by atoms with Gasteiger partial charge in [-0.15, -0.1) is 0 Å². The van der Waals surface area contributed by atoms with Crippen LogP contribution in [-0.4, -0.2) is 14.5 Å². The molecule has 58 valence electrons. The minimum absolute atomic E-state index is 0.667. The molecule has 0 heterocycles. The summed E-state index contributed by atoms with van der Waals surface area (Å²) in [5.74, 6) is 0. The molecule has 0 spiro atoms. The lowest BCUT2D eigenvalue weighted by atomic mass is 11.1. The van der Waals surface area contributed by atoms with Crippen molar-refractivity contribution in [2.45, 2.75) is 0 Å². The molecule has 0 saturated carbocycles. The molecule has 10 heavy (non-hydrogen) atoms. The van der Waals surface area contributed by atoms with Crippen molar-refractivity contribution in [2.75, 3.05) is 0 Å². The summed E-state index contributed by atoms with van der Waals surface area (Å²) in [6.45, 7) is 2.93. The van der Waals surface area contributed by atoms with E-state index in [4.69, 9.17) is 0 Å². The average Bonchev–Trinajstić information content (AvgIpc) is 1.59. The van der Waals surface area contributed by atoms with Gasteiger partial charge in [0.25, 0.3) is 0 Å². The lowest BCUT2D eigenvalue weighted by Gasteiger charge is -1.95. The Kier molecular flexibility index (Phi) is 2.81. The highest BCUT2D eigenvalue weighted by atomic mass is 32.3. The maximum atomic E-state index is 11.5. The molecule has 0 fully saturated rings. The average molecular weight is 169 g/mol. The molecule has 0 aromatic heterocycles. The highest BCUT2D eigenvalue weighted by molar-refractivity contribution is 7.84. The summed E-state index contributed by atoms with van der Waals surface area (Å²) < 4.78 is 35.4. The Hall–Kier alpha value is -1.11. The van der Waals surface area contributed by atoms with Crippen LogP contribution in [0.1, 0.15) is 0 Å². The number of carbonyl (C=O) groups is 1. The fourth-order valence-corrected chi connectivity index (χ4v) is 0.446. The van der Waals surface area contributed by atoms with E-state index in [2.05, 4.69) is 11.3 Å². The van der Waals surface area contributed by atoms with Gasteiger partial charge >= 0.3 is 16.5 Å². The summed E-state index contributed by atoms with van der Waals surface area (Å²) in [5, 5.41) is 0. The number of nitrogens with one attached hydrogen (secondary N) is 1. The fraction of sp³-hybridized carbons (Fsp3) is 0. The summed E-state index contributed by atoms with van der Waals surface area (Å²) >= 11 is 0. The monoisotopic (exact) mass is 169 g/mol. The highest BCUT2D eigenvalue weighted by Gasteiger charge is 2.11. The van der Waals surface area contributed by atoms with E-state index in [1.165, 1.54) is 0 Å². The molecule has 0 bridgehead atoms. The maximum Gasteiger partial charge on any atom is 0.427 e. The van der Waals surface area contributed by atoms with Crippen LogP contribution in [0.25, 0.3) is 0 Å². The second-order valence-electron chi connectivity index (χ2n) is 1.11. The Balaban J connectivity index is 3.93. The van der Waals surface area contributed by atoms with Crippen LogP contribution in [0.3, 0.4) is 0 Å². The summed E-state index contributed by atoms with van der Waals surface area (Å²) in [5.41, 5.74) is 0. The lowest BCUT2D eigenvalue weighted by Crippen LogP contribution is -2.26.